The molecule has 0 bridgehead atoms. The Morgan fingerprint density at radius 2 is 2.09 bits per heavy atom. The Bertz CT molecular complexity index is 458. The van der Waals surface area contributed by atoms with Crippen LogP contribution in [-0.4, -0.2) is 43.7 Å². The van der Waals surface area contributed by atoms with Crippen LogP contribution in [-0.2, 0) is 11.3 Å². The highest BCUT2D eigenvalue weighted by Crippen LogP contribution is 2.27. The number of nitrogens with one attached hydrogen (secondary N) is 2. The molecule has 0 amide bonds. The molecule has 2 unspecified atom stereocenters. The first-order chi connectivity index (χ1) is 10.8. The lowest BCUT2D eigenvalue weighted by Crippen LogP contribution is -2.43. The Labute approximate surface area is 161 Å². The molecule has 2 N–H and O–H groups in total. The molecule has 4 nitrogen and oxygen atoms in total. The summed E-state index contributed by atoms with van der Waals surface area (Å²) in [5.74, 6) is 0.884. The molecule has 0 heterocycles. The van der Waals surface area contributed by atoms with Crippen LogP contribution in [0.5, 0.6) is 0 Å². The van der Waals surface area contributed by atoms with E-state index in [2.05, 4.69) is 34.0 Å². The fraction of sp³-hybridized carbons (Fsp3) is 0.588. The van der Waals surface area contributed by atoms with Crippen LogP contribution >= 0.6 is 35.7 Å². The number of halogens is 1. The molecule has 1 aliphatic carbocycles. The summed E-state index contributed by atoms with van der Waals surface area (Å²) in [7, 11) is 1.82. The summed E-state index contributed by atoms with van der Waals surface area (Å²) in [6, 6.07) is 10.8. The lowest BCUT2D eigenvalue weighted by molar-refractivity contribution is 0.125. The van der Waals surface area contributed by atoms with Gasteiger partial charge in [-0.15, -0.1) is 24.0 Å². The van der Waals surface area contributed by atoms with Crippen LogP contribution in [0.3, 0.4) is 0 Å². The predicted octanol–water partition coefficient (Wildman–Crippen LogP) is 3.27. The summed E-state index contributed by atoms with van der Waals surface area (Å²) < 4.78 is 5.67. The monoisotopic (exact) mass is 449 g/mol. The molecule has 1 fully saturated rings. The van der Waals surface area contributed by atoms with E-state index in [1.54, 1.807) is 0 Å². The van der Waals surface area contributed by atoms with Gasteiger partial charge in [0.1, 0.15) is 0 Å². The third-order valence-electron chi connectivity index (χ3n) is 3.93. The highest BCUT2D eigenvalue weighted by molar-refractivity contribution is 14.0. The third kappa shape index (κ3) is 7.76. The maximum Gasteiger partial charge on any atom is 0.191 e. The Balaban J connectivity index is 0.00000264. The van der Waals surface area contributed by atoms with Gasteiger partial charge in [-0.25, -0.2) is 0 Å². The van der Waals surface area contributed by atoms with Crippen molar-refractivity contribution in [2.75, 3.05) is 26.5 Å². The van der Waals surface area contributed by atoms with Crippen molar-refractivity contribution in [3.63, 3.8) is 0 Å². The standard InChI is InChI=1S/C17H27N3OS.HI/c1-18-17(20-15-8-9-16(12-15)22-2)19-10-11-21-13-14-6-4-3-5-7-14;/h3-7,15-16H,8-13H2,1-2H3,(H2,18,19,20);1H. The Morgan fingerprint density at radius 1 is 1.30 bits per heavy atom. The second kappa shape index (κ2) is 12.0. The smallest absolute Gasteiger partial charge is 0.191 e. The van der Waals surface area contributed by atoms with E-state index >= 15 is 0 Å². The first-order valence-electron chi connectivity index (χ1n) is 7.93. The van der Waals surface area contributed by atoms with Gasteiger partial charge in [0.05, 0.1) is 13.2 Å². The van der Waals surface area contributed by atoms with Gasteiger partial charge >= 0.3 is 0 Å². The summed E-state index contributed by atoms with van der Waals surface area (Å²) in [6.45, 7) is 2.10. The number of nitrogens with zero attached hydrogens (tertiary/aromatic N) is 1. The quantitative estimate of drug-likeness (QED) is 0.290. The second-order valence-electron chi connectivity index (χ2n) is 5.55. The molecular weight excluding hydrogens is 421 g/mol. The Kier molecular flexibility index (Phi) is 10.7. The molecule has 1 aromatic carbocycles. The minimum atomic E-state index is 0. The van der Waals surface area contributed by atoms with Crippen molar-refractivity contribution >= 4 is 41.7 Å². The number of hydrogen-bond acceptors (Lipinski definition) is 3. The van der Waals surface area contributed by atoms with E-state index in [1.165, 1.54) is 24.8 Å². The molecule has 0 spiro atoms. The summed E-state index contributed by atoms with van der Waals surface area (Å²) in [6.07, 6.45) is 5.96. The van der Waals surface area contributed by atoms with Crippen molar-refractivity contribution in [3.05, 3.63) is 35.9 Å². The topological polar surface area (TPSA) is 45.7 Å². The molecule has 1 aromatic rings. The molecule has 1 aliphatic rings. The summed E-state index contributed by atoms with van der Waals surface area (Å²) in [5, 5.41) is 7.63. The van der Waals surface area contributed by atoms with Crippen LogP contribution in [0, 0.1) is 0 Å². The highest BCUT2D eigenvalue weighted by Gasteiger charge is 2.24. The van der Waals surface area contributed by atoms with Crippen molar-refractivity contribution in [1.82, 2.24) is 10.6 Å². The molecule has 6 heteroatoms. The summed E-state index contributed by atoms with van der Waals surface area (Å²) >= 11 is 1.97. The normalized spacial score (nSPS) is 20.9. The van der Waals surface area contributed by atoms with Gasteiger partial charge in [0.25, 0.3) is 0 Å². The number of aliphatic imine (C=N–C) groups is 1. The van der Waals surface area contributed by atoms with Gasteiger partial charge in [-0.3, -0.25) is 4.99 Å². The molecular formula is C17H28IN3OS. The first-order valence-corrected chi connectivity index (χ1v) is 9.22. The van der Waals surface area contributed by atoms with E-state index < -0.39 is 0 Å². The molecule has 0 aliphatic heterocycles. The number of guanidine groups is 1. The SMILES string of the molecule is CN=C(NCCOCc1ccccc1)NC1CCC(SC)C1.I. The largest absolute Gasteiger partial charge is 0.375 e. The van der Waals surface area contributed by atoms with Crippen LogP contribution in [0.4, 0.5) is 0 Å². The predicted molar refractivity (Wildman–Crippen MR) is 111 cm³/mol. The van der Waals surface area contributed by atoms with E-state index in [0.29, 0.717) is 19.3 Å². The van der Waals surface area contributed by atoms with Crippen molar-refractivity contribution in [2.45, 2.75) is 37.2 Å². The van der Waals surface area contributed by atoms with Gasteiger partial charge in [-0.05, 0) is 31.1 Å². The van der Waals surface area contributed by atoms with E-state index in [-0.39, 0.29) is 24.0 Å². The minimum absolute atomic E-state index is 0. The molecule has 1 saturated carbocycles. The minimum Gasteiger partial charge on any atom is -0.375 e. The van der Waals surface area contributed by atoms with E-state index in [4.69, 9.17) is 4.74 Å². The van der Waals surface area contributed by atoms with Crippen LogP contribution in [0.25, 0.3) is 0 Å². The summed E-state index contributed by atoms with van der Waals surface area (Å²) in [4.78, 5) is 4.29. The van der Waals surface area contributed by atoms with Crippen molar-refractivity contribution in [2.24, 2.45) is 4.99 Å². The molecule has 23 heavy (non-hydrogen) atoms. The molecule has 0 radical (unpaired) electrons. The molecule has 0 aromatic heterocycles. The fourth-order valence-electron chi connectivity index (χ4n) is 2.68. The van der Waals surface area contributed by atoms with Crippen molar-refractivity contribution in [1.29, 1.82) is 0 Å². The second-order valence-corrected chi connectivity index (χ2v) is 6.69. The highest BCUT2D eigenvalue weighted by atomic mass is 127. The van der Waals surface area contributed by atoms with Crippen LogP contribution in [0.1, 0.15) is 24.8 Å². The molecule has 2 atom stereocenters. The first kappa shape index (κ1) is 20.6. The number of ether oxygens (including phenoxy) is 1. The number of benzene rings is 1. The molecule has 2 rings (SSSR count). The van der Waals surface area contributed by atoms with Gasteiger partial charge in [0, 0.05) is 24.9 Å². The van der Waals surface area contributed by atoms with Gasteiger partial charge in [0.15, 0.2) is 5.96 Å². The molecule has 130 valence electrons. The zero-order valence-electron chi connectivity index (χ0n) is 14.0. The van der Waals surface area contributed by atoms with E-state index in [9.17, 15) is 0 Å². The number of thioether (sulfide) groups is 1. The van der Waals surface area contributed by atoms with Crippen LogP contribution in [0.2, 0.25) is 0 Å². The zero-order valence-corrected chi connectivity index (χ0v) is 17.1. The van der Waals surface area contributed by atoms with Gasteiger partial charge in [-0.1, -0.05) is 30.3 Å². The van der Waals surface area contributed by atoms with E-state index in [1.807, 2.05) is 37.0 Å². The summed E-state index contributed by atoms with van der Waals surface area (Å²) in [5.41, 5.74) is 1.21. The van der Waals surface area contributed by atoms with Crippen LogP contribution < -0.4 is 10.6 Å². The number of hydrogen-bond donors (Lipinski definition) is 2. The average Bonchev–Trinajstić information content (AvgIpc) is 3.02. The van der Waals surface area contributed by atoms with Gasteiger partial charge in [0.2, 0.25) is 0 Å². The van der Waals surface area contributed by atoms with Gasteiger partial charge < -0.3 is 15.4 Å². The average molecular weight is 449 g/mol. The zero-order chi connectivity index (χ0) is 15.6. The van der Waals surface area contributed by atoms with E-state index in [0.717, 1.165) is 17.8 Å². The fourth-order valence-corrected chi connectivity index (χ4v) is 3.48. The maximum atomic E-state index is 5.67. The Morgan fingerprint density at radius 3 is 2.74 bits per heavy atom. The van der Waals surface area contributed by atoms with Crippen molar-refractivity contribution < 1.29 is 4.74 Å². The Hall–Kier alpha value is -0.470. The molecule has 0 saturated heterocycles. The lowest BCUT2D eigenvalue weighted by Gasteiger charge is -2.17. The third-order valence-corrected chi connectivity index (χ3v) is 5.03. The maximum absolute atomic E-state index is 5.67. The van der Waals surface area contributed by atoms with Gasteiger partial charge in [-0.2, -0.15) is 11.8 Å². The lowest BCUT2D eigenvalue weighted by atomic mass is 10.2. The van der Waals surface area contributed by atoms with Crippen molar-refractivity contribution in [3.8, 4) is 0 Å². The van der Waals surface area contributed by atoms with Crippen LogP contribution in [0.15, 0.2) is 35.3 Å². The number of rotatable bonds is 7.